The number of carbonyl (C=O) groups is 2. The highest BCUT2D eigenvalue weighted by Crippen LogP contribution is 2.32. The van der Waals surface area contributed by atoms with Crippen molar-refractivity contribution in [3.63, 3.8) is 0 Å². The largest absolute Gasteiger partial charge is 0.488 e. The van der Waals surface area contributed by atoms with Gasteiger partial charge in [0.15, 0.2) is 0 Å². The quantitative estimate of drug-likeness (QED) is 0.335. The second kappa shape index (κ2) is 12.1. The molecule has 3 N–H and O–H groups in total. The van der Waals surface area contributed by atoms with Crippen LogP contribution in [0, 0.1) is 5.41 Å². The highest BCUT2D eigenvalue weighted by Gasteiger charge is 2.23. The molecule has 37 heavy (non-hydrogen) atoms. The van der Waals surface area contributed by atoms with E-state index in [1.807, 2.05) is 13.8 Å². The van der Waals surface area contributed by atoms with Gasteiger partial charge in [-0.25, -0.2) is 4.98 Å². The van der Waals surface area contributed by atoms with Gasteiger partial charge in [-0.2, -0.15) is 0 Å². The fourth-order valence-corrected chi connectivity index (χ4v) is 3.82. The van der Waals surface area contributed by atoms with E-state index in [4.69, 9.17) is 31.2 Å². The van der Waals surface area contributed by atoms with E-state index in [-0.39, 0.29) is 46.1 Å². The molecule has 1 aromatic carbocycles. The third-order valence-corrected chi connectivity index (χ3v) is 5.94. The molecule has 196 valence electrons. The molecule has 10 nitrogen and oxygen atoms in total. The number of nitrogens with zero attached hydrogens (tertiary/aromatic N) is 2. The lowest BCUT2D eigenvalue weighted by molar-refractivity contribution is 0.0651. The van der Waals surface area contributed by atoms with Gasteiger partial charge in [-0.15, -0.1) is 0 Å². The van der Waals surface area contributed by atoms with E-state index < -0.39 is 5.91 Å². The predicted octanol–water partition coefficient (Wildman–Crippen LogP) is 3.76. The monoisotopic (exact) mass is 527 g/mol. The zero-order valence-electron chi connectivity index (χ0n) is 20.8. The lowest BCUT2D eigenvalue weighted by Crippen LogP contribution is -2.42. The van der Waals surface area contributed by atoms with Crippen LogP contribution in [0.3, 0.4) is 0 Å². The smallest absolute Gasteiger partial charge is 0.257 e. The maximum atomic E-state index is 12.9. The van der Waals surface area contributed by atoms with Crippen molar-refractivity contribution in [1.29, 1.82) is 5.41 Å². The third kappa shape index (κ3) is 7.21. The van der Waals surface area contributed by atoms with E-state index in [9.17, 15) is 9.59 Å². The van der Waals surface area contributed by atoms with Crippen molar-refractivity contribution in [3.8, 4) is 17.4 Å². The van der Waals surface area contributed by atoms with E-state index in [1.54, 1.807) is 23.2 Å². The molecule has 0 spiro atoms. The summed E-state index contributed by atoms with van der Waals surface area (Å²) in [4.78, 5) is 31.3. The summed E-state index contributed by atoms with van der Waals surface area (Å²) in [6, 6.07) is 6.44. The lowest BCUT2D eigenvalue weighted by atomic mass is 10.1. The van der Waals surface area contributed by atoms with Crippen LogP contribution >= 0.6 is 11.6 Å². The van der Waals surface area contributed by atoms with Crippen LogP contribution in [0.5, 0.6) is 17.4 Å². The van der Waals surface area contributed by atoms with Crippen LogP contribution in [-0.4, -0.2) is 66.0 Å². The summed E-state index contributed by atoms with van der Waals surface area (Å²) >= 11 is 6.38. The van der Waals surface area contributed by atoms with Gasteiger partial charge in [-0.3, -0.25) is 15.0 Å². The SMILES string of the molecule is CC(C)N/C=C\C(=N)NC(=O)c1cc(Oc2ncc(C(=O)N3CCC3)cc2Cl)cc(OC2CCOC2)c1. The Kier molecular flexibility index (Phi) is 8.62. The summed E-state index contributed by atoms with van der Waals surface area (Å²) in [5.74, 6) is 0.0455. The second-order valence-electron chi connectivity index (χ2n) is 9.08. The molecular formula is C26H30ClN5O5. The molecule has 0 aliphatic carbocycles. The van der Waals surface area contributed by atoms with Crippen LogP contribution in [0.25, 0.3) is 0 Å². The number of rotatable bonds is 9. The average Bonchev–Trinajstić information content (AvgIpc) is 3.31. The van der Waals surface area contributed by atoms with Crippen LogP contribution in [0.4, 0.5) is 0 Å². The second-order valence-corrected chi connectivity index (χ2v) is 9.49. The number of nitrogens with one attached hydrogen (secondary N) is 3. The maximum Gasteiger partial charge on any atom is 0.257 e. The zero-order valence-corrected chi connectivity index (χ0v) is 21.5. The maximum absolute atomic E-state index is 12.9. The number of pyridine rings is 1. The van der Waals surface area contributed by atoms with Crippen molar-refractivity contribution >= 4 is 29.3 Å². The minimum Gasteiger partial charge on any atom is -0.488 e. The number of hydrogen-bond donors (Lipinski definition) is 3. The molecule has 1 atom stereocenters. The Hall–Kier alpha value is -3.63. The van der Waals surface area contributed by atoms with Crippen molar-refractivity contribution in [2.75, 3.05) is 26.3 Å². The first-order valence-corrected chi connectivity index (χ1v) is 12.5. The van der Waals surface area contributed by atoms with Crippen molar-refractivity contribution < 1.29 is 23.8 Å². The molecule has 2 aliphatic rings. The Morgan fingerprint density at radius 2 is 2.00 bits per heavy atom. The van der Waals surface area contributed by atoms with Crippen molar-refractivity contribution in [2.45, 2.75) is 38.8 Å². The van der Waals surface area contributed by atoms with Gasteiger partial charge in [0, 0.05) is 49.6 Å². The van der Waals surface area contributed by atoms with Gasteiger partial charge in [0.1, 0.15) is 28.5 Å². The summed E-state index contributed by atoms with van der Waals surface area (Å²) in [6.07, 6.45) is 6.04. The summed E-state index contributed by atoms with van der Waals surface area (Å²) in [5, 5.41) is 13.7. The Labute approximate surface area is 220 Å². The molecule has 2 aliphatic heterocycles. The van der Waals surface area contributed by atoms with E-state index in [0.717, 1.165) is 25.9 Å². The van der Waals surface area contributed by atoms with Gasteiger partial charge < -0.3 is 29.7 Å². The van der Waals surface area contributed by atoms with Crippen molar-refractivity contribution in [2.24, 2.45) is 0 Å². The Morgan fingerprint density at radius 1 is 1.22 bits per heavy atom. The minimum absolute atomic E-state index is 0.0803. The van der Waals surface area contributed by atoms with Crippen LogP contribution in [0.2, 0.25) is 5.02 Å². The van der Waals surface area contributed by atoms with Crippen LogP contribution in [0.1, 0.15) is 47.4 Å². The van der Waals surface area contributed by atoms with E-state index in [2.05, 4.69) is 15.6 Å². The Balaban J connectivity index is 1.53. The summed E-state index contributed by atoms with van der Waals surface area (Å²) < 4.78 is 17.3. The predicted molar refractivity (Wildman–Crippen MR) is 139 cm³/mol. The van der Waals surface area contributed by atoms with Gasteiger partial charge in [0.25, 0.3) is 11.8 Å². The number of ether oxygens (including phenoxy) is 3. The average molecular weight is 528 g/mol. The van der Waals surface area contributed by atoms with Crippen LogP contribution < -0.4 is 20.1 Å². The first kappa shape index (κ1) is 26.4. The topological polar surface area (TPSA) is 126 Å². The first-order valence-electron chi connectivity index (χ1n) is 12.1. The Morgan fingerprint density at radius 3 is 2.65 bits per heavy atom. The standard InChI is InChI=1S/C26H30ClN5O5/c1-16(2)29-6-4-23(28)31-24(33)17-10-20(36-19-5-9-35-15-19)13-21(11-17)37-25-22(27)12-18(14-30-25)26(34)32-7-3-8-32/h4,6,10-14,16,19,29H,3,5,7-9,15H2,1-2H3,(H2,28,31,33)/b6-4-. The number of amidine groups is 1. The molecule has 2 fully saturated rings. The van der Waals surface area contributed by atoms with Gasteiger partial charge in [-0.1, -0.05) is 11.6 Å². The molecule has 0 saturated carbocycles. The molecule has 1 unspecified atom stereocenters. The third-order valence-electron chi connectivity index (χ3n) is 5.67. The molecule has 1 aromatic heterocycles. The highest BCUT2D eigenvalue weighted by atomic mass is 35.5. The number of benzene rings is 1. The normalized spacial score (nSPS) is 17.0. The Bertz CT molecular complexity index is 1190. The summed E-state index contributed by atoms with van der Waals surface area (Å²) in [6.45, 7) is 6.43. The molecule has 2 aromatic rings. The molecular weight excluding hydrogens is 498 g/mol. The molecule has 0 bridgehead atoms. The van der Waals surface area contributed by atoms with E-state index in [0.29, 0.717) is 24.5 Å². The number of hydrogen-bond acceptors (Lipinski definition) is 8. The zero-order chi connectivity index (χ0) is 26.4. The molecule has 0 radical (unpaired) electrons. The van der Waals surface area contributed by atoms with Gasteiger partial charge >= 0.3 is 0 Å². The summed E-state index contributed by atoms with van der Waals surface area (Å²) in [5.41, 5.74) is 0.607. The summed E-state index contributed by atoms with van der Waals surface area (Å²) in [7, 11) is 0. The van der Waals surface area contributed by atoms with E-state index in [1.165, 1.54) is 24.4 Å². The van der Waals surface area contributed by atoms with Crippen LogP contribution in [0.15, 0.2) is 42.7 Å². The number of amides is 2. The molecule has 11 heteroatoms. The van der Waals surface area contributed by atoms with Gasteiger partial charge in [0.2, 0.25) is 5.88 Å². The molecule has 2 saturated heterocycles. The lowest BCUT2D eigenvalue weighted by Gasteiger charge is -2.30. The first-order chi connectivity index (χ1) is 17.8. The molecule has 4 rings (SSSR count). The number of likely N-dealkylation sites (tertiary alicyclic amines) is 1. The van der Waals surface area contributed by atoms with Gasteiger partial charge in [-0.05, 0) is 44.5 Å². The minimum atomic E-state index is -0.508. The molecule has 2 amide bonds. The van der Waals surface area contributed by atoms with Gasteiger partial charge in [0.05, 0.1) is 18.8 Å². The fourth-order valence-electron chi connectivity index (χ4n) is 3.62. The van der Waals surface area contributed by atoms with E-state index >= 15 is 0 Å². The van der Waals surface area contributed by atoms with Crippen molar-refractivity contribution in [1.82, 2.24) is 20.5 Å². The fraction of sp³-hybridized carbons (Fsp3) is 0.385. The number of carbonyl (C=O) groups excluding carboxylic acids is 2. The number of aromatic nitrogens is 1. The number of halogens is 1. The molecule has 3 heterocycles. The van der Waals surface area contributed by atoms with Crippen molar-refractivity contribution in [3.05, 3.63) is 58.9 Å². The van der Waals surface area contributed by atoms with Crippen LogP contribution in [-0.2, 0) is 4.74 Å². The highest BCUT2D eigenvalue weighted by molar-refractivity contribution is 6.32.